The second kappa shape index (κ2) is 7.06. The lowest BCUT2D eigenvalue weighted by molar-refractivity contribution is -0.109. The monoisotopic (exact) mass is 284 g/mol. The summed E-state index contributed by atoms with van der Waals surface area (Å²) in [5.74, 6) is 0.0632. The lowest BCUT2D eigenvalue weighted by Crippen LogP contribution is -2.06. The van der Waals surface area contributed by atoms with Crippen molar-refractivity contribution in [3.63, 3.8) is 0 Å². The molecule has 0 aliphatic heterocycles. The highest BCUT2D eigenvalue weighted by molar-refractivity contribution is 8.13. The third-order valence-corrected chi connectivity index (χ3v) is 4.00. The van der Waals surface area contributed by atoms with E-state index in [1.807, 2.05) is 60.7 Å². The molecule has 0 radical (unpaired) electrons. The fraction of sp³-hybridized carbons (Fsp3) is 0.176. The Bertz CT molecular complexity index is 578. The largest absolute Gasteiger partial charge is 0.294 e. The molecule has 0 saturated carbocycles. The molecule has 1 atom stereocenters. The average molecular weight is 284 g/mol. The van der Waals surface area contributed by atoms with Crippen molar-refractivity contribution in [2.45, 2.75) is 18.6 Å². The van der Waals surface area contributed by atoms with Crippen molar-refractivity contribution >= 4 is 22.7 Å². The minimum absolute atomic E-state index is 0.0275. The van der Waals surface area contributed by atoms with E-state index < -0.39 is 0 Å². The van der Waals surface area contributed by atoms with Gasteiger partial charge in [-0.05, 0) is 5.56 Å². The first-order chi connectivity index (χ1) is 9.66. The molecule has 0 fully saturated rings. The maximum absolute atomic E-state index is 12.3. The molecule has 0 aliphatic rings. The van der Waals surface area contributed by atoms with Gasteiger partial charge in [0.2, 0.25) is 0 Å². The van der Waals surface area contributed by atoms with Gasteiger partial charge in [-0.3, -0.25) is 9.59 Å². The van der Waals surface area contributed by atoms with Crippen molar-refractivity contribution < 1.29 is 9.59 Å². The van der Waals surface area contributed by atoms with E-state index >= 15 is 0 Å². The van der Waals surface area contributed by atoms with Crippen LogP contribution in [0.25, 0.3) is 0 Å². The van der Waals surface area contributed by atoms with Crippen LogP contribution in [0.1, 0.15) is 34.5 Å². The van der Waals surface area contributed by atoms with E-state index in [-0.39, 0.29) is 16.1 Å². The van der Waals surface area contributed by atoms with Crippen molar-refractivity contribution in [3.05, 3.63) is 71.8 Å². The zero-order valence-corrected chi connectivity index (χ0v) is 12.1. The third kappa shape index (κ3) is 4.07. The number of carbonyl (C=O) groups excluding carboxylic acids is 2. The van der Waals surface area contributed by atoms with Gasteiger partial charge < -0.3 is 0 Å². The van der Waals surface area contributed by atoms with Crippen LogP contribution in [0, 0.1) is 0 Å². The molecule has 0 amide bonds. The van der Waals surface area contributed by atoms with E-state index in [9.17, 15) is 9.59 Å². The summed E-state index contributed by atoms with van der Waals surface area (Å²) in [6.45, 7) is 1.54. The van der Waals surface area contributed by atoms with E-state index in [0.29, 0.717) is 12.0 Å². The number of benzene rings is 2. The van der Waals surface area contributed by atoms with Gasteiger partial charge in [0.1, 0.15) is 0 Å². The normalized spacial score (nSPS) is 11.8. The Labute approximate surface area is 123 Å². The van der Waals surface area contributed by atoms with Crippen LogP contribution >= 0.6 is 11.8 Å². The standard InChI is InChI=1S/C17H16O2S/c1-13(18)20-17(15-10-6-3-7-11-15)12-16(19)14-8-4-2-5-9-14/h2-11,17H,12H2,1H3. The van der Waals surface area contributed by atoms with Crippen molar-refractivity contribution in [2.75, 3.05) is 0 Å². The quantitative estimate of drug-likeness (QED) is 0.768. The van der Waals surface area contributed by atoms with Crippen LogP contribution in [-0.4, -0.2) is 10.9 Å². The smallest absolute Gasteiger partial charge is 0.186 e. The van der Waals surface area contributed by atoms with E-state index in [4.69, 9.17) is 0 Å². The molecule has 0 aromatic heterocycles. The van der Waals surface area contributed by atoms with Gasteiger partial charge in [-0.2, -0.15) is 0 Å². The number of ketones is 1. The van der Waals surface area contributed by atoms with Gasteiger partial charge in [-0.1, -0.05) is 72.4 Å². The fourth-order valence-corrected chi connectivity index (χ4v) is 2.93. The molecule has 3 heteroatoms. The highest BCUT2D eigenvalue weighted by Gasteiger charge is 2.19. The maximum Gasteiger partial charge on any atom is 0.186 e. The number of thioether (sulfide) groups is 1. The van der Waals surface area contributed by atoms with Crippen molar-refractivity contribution in [1.82, 2.24) is 0 Å². The second-order valence-electron chi connectivity index (χ2n) is 4.50. The highest BCUT2D eigenvalue weighted by Crippen LogP contribution is 2.33. The lowest BCUT2D eigenvalue weighted by Gasteiger charge is -2.14. The Hall–Kier alpha value is -1.87. The highest BCUT2D eigenvalue weighted by atomic mass is 32.2. The number of hydrogen-bond donors (Lipinski definition) is 0. The first-order valence-corrected chi connectivity index (χ1v) is 7.35. The summed E-state index contributed by atoms with van der Waals surface area (Å²) in [5, 5.41) is -0.0962. The Balaban J connectivity index is 2.16. The fourth-order valence-electron chi connectivity index (χ4n) is 2.01. The van der Waals surface area contributed by atoms with E-state index in [1.165, 1.54) is 18.7 Å². The molecule has 0 heterocycles. The zero-order chi connectivity index (χ0) is 14.4. The van der Waals surface area contributed by atoms with Crippen molar-refractivity contribution in [1.29, 1.82) is 0 Å². The molecule has 2 rings (SSSR count). The summed E-state index contributed by atoms with van der Waals surface area (Å²) in [6, 6.07) is 18.9. The predicted octanol–water partition coefficient (Wildman–Crippen LogP) is 4.28. The van der Waals surface area contributed by atoms with Gasteiger partial charge >= 0.3 is 0 Å². The molecular formula is C17H16O2S. The Morgan fingerprint density at radius 2 is 1.50 bits per heavy atom. The summed E-state index contributed by atoms with van der Waals surface area (Å²) in [6.07, 6.45) is 0.332. The van der Waals surface area contributed by atoms with Crippen molar-refractivity contribution in [2.24, 2.45) is 0 Å². The van der Waals surface area contributed by atoms with Crippen LogP contribution in [0.15, 0.2) is 60.7 Å². The molecule has 1 unspecified atom stereocenters. The predicted molar refractivity (Wildman–Crippen MR) is 82.8 cm³/mol. The molecule has 0 saturated heterocycles. The first kappa shape index (κ1) is 14.5. The van der Waals surface area contributed by atoms with Crippen LogP contribution in [-0.2, 0) is 4.79 Å². The lowest BCUT2D eigenvalue weighted by atomic mass is 10.0. The van der Waals surface area contributed by atoms with Crippen molar-refractivity contribution in [3.8, 4) is 0 Å². The maximum atomic E-state index is 12.3. The average Bonchev–Trinajstić information content (AvgIpc) is 2.48. The Morgan fingerprint density at radius 3 is 2.05 bits per heavy atom. The summed E-state index contributed by atoms with van der Waals surface area (Å²) in [5.41, 5.74) is 1.70. The Kier molecular flexibility index (Phi) is 5.13. The summed E-state index contributed by atoms with van der Waals surface area (Å²) >= 11 is 1.22. The summed E-state index contributed by atoms with van der Waals surface area (Å²) < 4.78 is 0. The molecule has 102 valence electrons. The molecule has 0 spiro atoms. The van der Waals surface area contributed by atoms with Crippen LogP contribution in [0.4, 0.5) is 0 Å². The van der Waals surface area contributed by atoms with Crippen LogP contribution in [0.5, 0.6) is 0 Å². The number of rotatable bonds is 5. The molecule has 0 bridgehead atoms. The number of hydrogen-bond acceptors (Lipinski definition) is 3. The molecular weight excluding hydrogens is 268 g/mol. The molecule has 0 N–H and O–H groups in total. The van der Waals surface area contributed by atoms with Gasteiger partial charge in [-0.15, -0.1) is 0 Å². The van der Waals surface area contributed by atoms with Crippen LogP contribution < -0.4 is 0 Å². The SMILES string of the molecule is CC(=O)SC(CC(=O)c1ccccc1)c1ccccc1. The van der Waals surface area contributed by atoms with Crippen LogP contribution in [0.3, 0.4) is 0 Å². The third-order valence-electron chi connectivity index (χ3n) is 2.95. The minimum Gasteiger partial charge on any atom is -0.294 e. The van der Waals surface area contributed by atoms with Gasteiger partial charge in [0, 0.05) is 24.2 Å². The van der Waals surface area contributed by atoms with E-state index in [0.717, 1.165) is 5.56 Å². The summed E-state index contributed by atoms with van der Waals surface area (Å²) in [4.78, 5) is 23.7. The van der Waals surface area contributed by atoms with E-state index in [2.05, 4.69) is 0 Å². The summed E-state index contributed by atoms with van der Waals surface area (Å²) in [7, 11) is 0. The number of Topliss-reactive ketones (excluding diaryl/α,β-unsaturated/α-hetero) is 1. The minimum atomic E-state index is -0.124. The van der Waals surface area contributed by atoms with Gasteiger partial charge in [-0.25, -0.2) is 0 Å². The molecule has 20 heavy (non-hydrogen) atoms. The topological polar surface area (TPSA) is 34.1 Å². The molecule has 0 aliphatic carbocycles. The molecule has 2 nitrogen and oxygen atoms in total. The molecule has 2 aromatic carbocycles. The van der Waals surface area contributed by atoms with Crippen LogP contribution in [0.2, 0.25) is 0 Å². The van der Waals surface area contributed by atoms with Gasteiger partial charge in [0.25, 0.3) is 0 Å². The molecule has 2 aromatic rings. The Morgan fingerprint density at radius 1 is 0.950 bits per heavy atom. The van der Waals surface area contributed by atoms with E-state index in [1.54, 1.807) is 0 Å². The van der Waals surface area contributed by atoms with Gasteiger partial charge in [0.05, 0.1) is 0 Å². The second-order valence-corrected chi connectivity index (χ2v) is 5.88. The number of carbonyl (C=O) groups is 2. The van der Waals surface area contributed by atoms with Gasteiger partial charge in [0.15, 0.2) is 10.9 Å². The first-order valence-electron chi connectivity index (χ1n) is 6.47. The zero-order valence-electron chi connectivity index (χ0n) is 11.3.